The summed E-state index contributed by atoms with van der Waals surface area (Å²) in [5.41, 5.74) is 11.8. The number of benzene rings is 3. The second kappa shape index (κ2) is 16.6. The van der Waals surface area contributed by atoms with Crippen molar-refractivity contribution in [3.63, 3.8) is 0 Å². The van der Waals surface area contributed by atoms with E-state index in [0.717, 1.165) is 73.0 Å². The zero-order valence-corrected chi connectivity index (χ0v) is 28.4. The molecular formula is C36H44ClN9O3. The van der Waals surface area contributed by atoms with Crippen LogP contribution in [-0.4, -0.2) is 70.1 Å². The zero-order chi connectivity index (χ0) is 33.5. The molecule has 0 unspecified atom stereocenters. The number of hydrogen-bond acceptors (Lipinski definition) is 8. The average molecular weight is 686 g/mol. The van der Waals surface area contributed by atoms with Gasteiger partial charge in [0.15, 0.2) is 0 Å². The van der Waals surface area contributed by atoms with Crippen LogP contribution in [0.5, 0.6) is 0 Å². The van der Waals surface area contributed by atoms with Crippen molar-refractivity contribution in [2.45, 2.75) is 57.5 Å². The minimum absolute atomic E-state index is 0. The molecule has 258 valence electrons. The maximum atomic E-state index is 13.7. The second-order valence-electron chi connectivity index (χ2n) is 12.9. The quantitative estimate of drug-likeness (QED) is 0.138. The van der Waals surface area contributed by atoms with E-state index in [1.165, 1.54) is 0 Å². The van der Waals surface area contributed by atoms with E-state index in [2.05, 4.69) is 41.9 Å². The van der Waals surface area contributed by atoms with E-state index >= 15 is 0 Å². The number of hydrogen-bond donors (Lipinski definition) is 6. The van der Waals surface area contributed by atoms with Crippen molar-refractivity contribution < 1.29 is 14.4 Å². The molecule has 2 heterocycles. The number of aryl methyl sites for hydroxylation is 1. The smallest absolute Gasteiger partial charge is 0.251 e. The summed E-state index contributed by atoms with van der Waals surface area (Å²) in [5, 5.41) is 26.4. The Morgan fingerprint density at radius 2 is 1.67 bits per heavy atom. The van der Waals surface area contributed by atoms with Crippen LogP contribution in [0.3, 0.4) is 0 Å². The van der Waals surface area contributed by atoms with E-state index in [4.69, 9.17) is 5.73 Å². The lowest BCUT2D eigenvalue weighted by molar-refractivity contribution is -0.130. The molecule has 1 aliphatic carbocycles. The van der Waals surface area contributed by atoms with E-state index < -0.39 is 6.04 Å². The molecule has 1 saturated heterocycles. The Morgan fingerprint density at radius 1 is 0.939 bits per heavy atom. The van der Waals surface area contributed by atoms with Crippen LogP contribution in [0.1, 0.15) is 53.6 Å². The lowest BCUT2D eigenvalue weighted by Crippen LogP contribution is -2.48. The maximum absolute atomic E-state index is 13.7. The molecule has 0 spiro atoms. The number of halogens is 1. The summed E-state index contributed by atoms with van der Waals surface area (Å²) in [5.74, 6) is 0.318. The molecule has 0 bridgehead atoms. The zero-order valence-electron chi connectivity index (χ0n) is 27.6. The van der Waals surface area contributed by atoms with Crippen molar-refractivity contribution >= 4 is 35.8 Å². The van der Waals surface area contributed by atoms with Gasteiger partial charge in [0.1, 0.15) is 6.04 Å². The van der Waals surface area contributed by atoms with Gasteiger partial charge in [0.25, 0.3) is 5.91 Å². The number of H-pyrrole nitrogens is 1. The fraction of sp³-hybridized carbons (Fsp3) is 0.389. The van der Waals surface area contributed by atoms with Crippen molar-refractivity contribution in [2.24, 2.45) is 17.6 Å². The van der Waals surface area contributed by atoms with Gasteiger partial charge < -0.3 is 27.0 Å². The van der Waals surface area contributed by atoms with Gasteiger partial charge in [0.05, 0.1) is 0 Å². The van der Waals surface area contributed by atoms with Crippen molar-refractivity contribution in [2.75, 3.05) is 25.0 Å². The van der Waals surface area contributed by atoms with Crippen molar-refractivity contribution in [1.29, 1.82) is 0 Å². The number of carbonyl (C=O) groups excluding carboxylic acids is 3. The van der Waals surface area contributed by atoms with Gasteiger partial charge in [-0.2, -0.15) is 5.21 Å². The predicted octanol–water partition coefficient (Wildman–Crippen LogP) is 3.79. The molecule has 2 aliphatic rings. The normalized spacial score (nSPS) is 19.3. The molecule has 3 aromatic carbocycles. The fourth-order valence-electron chi connectivity index (χ4n) is 6.61. The molecule has 2 fully saturated rings. The highest BCUT2D eigenvalue weighted by atomic mass is 35.5. The molecule has 7 N–H and O–H groups in total. The number of carbonyl (C=O) groups is 3. The summed E-state index contributed by atoms with van der Waals surface area (Å²) in [6, 6.07) is 20.3. The van der Waals surface area contributed by atoms with Crippen LogP contribution >= 0.6 is 12.4 Å². The third kappa shape index (κ3) is 9.08. The molecule has 1 saturated carbocycles. The third-order valence-electron chi connectivity index (χ3n) is 9.53. The van der Waals surface area contributed by atoms with Crippen molar-refractivity contribution in [3.05, 3.63) is 83.4 Å². The largest absolute Gasteiger partial charge is 0.348 e. The Labute approximate surface area is 292 Å². The molecule has 2 atom stereocenters. The molecule has 1 aliphatic heterocycles. The molecule has 13 heteroatoms. The molecule has 1 aromatic heterocycles. The summed E-state index contributed by atoms with van der Waals surface area (Å²) in [7, 11) is 0. The first-order valence-electron chi connectivity index (χ1n) is 16.7. The number of rotatable bonds is 11. The van der Waals surface area contributed by atoms with Gasteiger partial charge in [0, 0.05) is 41.7 Å². The summed E-state index contributed by atoms with van der Waals surface area (Å²) in [6.07, 6.45) is 4.64. The van der Waals surface area contributed by atoms with Gasteiger partial charge in [-0.3, -0.25) is 14.4 Å². The Balaban J connectivity index is 0.00000468. The van der Waals surface area contributed by atoms with Crippen LogP contribution in [0, 0.1) is 18.8 Å². The monoisotopic (exact) mass is 685 g/mol. The molecule has 12 nitrogen and oxygen atoms in total. The van der Waals surface area contributed by atoms with E-state index in [-0.39, 0.29) is 42.1 Å². The van der Waals surface area contributed by atoms with Gasteiger partial charge in [-0.15, -0.1) is 22.6 Å². The molecule has 4 aromatic rings. The number of tetrazole rings is 1. The molecular weight excluding hydrogens is 642 g/mol. The van der Waals surface area contributed by atoms with Crippen LogP contribution in [0.15, 0.2) is 66.7 Å². The lowest BCUT2D eigenvalue weighted by atomic mass is 9.81. The minimum Gasteiger partial charge on any atom is -0.348 e. The van der Waals surface area contributed by atoms with Crippen LogP contribution in [0.4, 0.5) is 5.69 Å². The Kier molecular flexibility index (Phi) is 12.1. The van der Waals surface area contributed by atoms with E-state index in [1.54, 1.807) is 24.3 Å². The average Bonchev–Trinajstić information content (AvgIpc) is 3.84. The van der Waals surface area contributed by atoms with Crippen LogP contribution in [-0.2, 0) is 16.0 Å². The van der Waals surface area contributed by atoms with E-state index in [1.807, 2.05) is 49.4 Å². The number of nitrogens with one attached hydrogen (secondary N) is 5. The van der Waals surface area contributed by atoms with Crippen LogP contribution in [0.2, 0.25) is 0 Å². The summed E-state index contributed by atoms with van der Waals surface area (Å²) >= 11 is 0. The number of nitrogens with zero attached hydrogens (tertiary/aromatic N) is 3. The highest BCUT2D eigenvalue weighted by molar-refractivity contribution is 5.98. The van der Waals surface area contributed by atoms with Gasteiger partial charge in [0.2, 0.25) is 17.6 Å². The Hall–Kier alpha value is -4.65. The number of aromatic nitrogens is 4. The SMILES string of the molecule is Cc1cc(C(=O)N[C@@H]2CCNC2)ccc1-c1ccc(C[C@H](NC(=O)C2CCC(CN)CC2)C(=O)Nc2ccc(-c3nn[nH]n3)cc2)cc1.Cl. The number of amides is 3. The van der Waals surface area contributed by atoms with Gasteiger partial charge in [-0.25, -0.2) is 0 Å². The summed E-state index contributed by atoms with van der Waals surface area (Å²) in [4.78, 5) is 39.8. The van der Waals surface area contributed by atoms with Crippen molar-refractivity contribution in [1.82, 2.24) is 36.6 Å². The number of aromatic amines is 1. The fourth-order valence-corrected chi connectivity index (χ4v) is 6.61. The predicted molar refractivity (Wildman–Crippen MR) is 191 cm³/mol. The first-order chi connectivity index (χ1) is 23.4. The van der Waals surface area contributed by atoms with Gasteiger partial charge in [-0.1, -0.05) is 30.3 Å². The van der Waals surface area contributed by atoms with Gasteiger partial charge in [-0.05, 0) is 122 Å². The second-order valence-corrected chi connectivity index (χ2v) is 12.9. The Morgan fingerprint density at radius 3 is 2.31 bits per heavy atom. The first kappa shape index (κ1) is 35.7. The molecule has 0 radical (unpaired) electrons. The molecule has 3 amide bonds. The van der Waals surface area contributed by atoms with E-state index in [0.29, 0.717) is 36.0 Å². The maximum Gasteiger partial charge on any atom is 0.251 e. The highest BCUT2D eigenvalue weighted by Crippen LogP contribution is 2.29. The first-order valence-corrected chi connectivity index (χ1v) is 16.7. The van der Waals surface area contributed by atoms with Gasteiger partial charge >= 0.3 is 0 Å². The number of anilines is 1. The molecule has 49 heavy (non-hydrogen) atoms. The number of nitrogens with two attached hydrogens (primary N) is 1. The topological polar surface area (TPSA) is 180 Å². The summed E-state index contributed by atoms with van der Waals surface area (Å²) < 4.78 is 0. The minimum atomic E-state index is -0.776. The lowest BCUT2D eigenvalue weighted by Gasteiger charge is -2.28. The van der Waals surface area contributed by atoms with Crippen LogP contribution in [0.25, 0.3) is 22.5 Å². The van der Waals surface area contributed by atoms with E-state index in [9.17, 15) is 14.4 Å². The van der Waals surface area contributed by atoms with Crippen molar-refractivity contribution in [3.8, 4) is 22.5 Å². The highest BCUT2D eigenvalue weighted by Gasteiger charge is 2.29. The standard InChI is InChI=1S/C36H43N9O3.ClH/c1-22-18-28(35(47)40-30-16-17-38-21-30)12-15-31(22)25-6-2-23(3-7-25)19-32(41-34(46)27-8-4-24(20-37)5-9-27)36(48)39-29-13-10-26(11-14-29)33-42-44-45-43-33;/h2-3,6-7,10-15,18,24,27,30,32,38H,4-5,8-9,16-17,19-21,37H2,1H3,(H,39,48)(H,40,47)(H,41,46)(H,42,43,44,45);1H/t24?,27?,30-,32+;/m1./s1. The van der Waals surface area contributed by atoms with Crippen LogP contribution < -0.4 is 27.0 Å². The Bertz CT molecular complexity index is 1700. The molecule has 6 rings (SSSR count). The third-order valence-corrected chi connectivity index (χ3v) is 9.53. The summed E-state index contributed by atoms with van der Waals surface area (Å²) in [6.45, 7) is 4.36.